The minimum Gasteiger partial charge on any atom is -0.493 e. The van der Waals surface area contributed by atoms with Gasteiger partial charge in [-0.05, 0) is 29.8 Å². The van der Waals surface area contributed by atoms with Crippen molar-refractivity contribution in [3.05, 3.63) is 89.3 Å². The Morgan fingerprint density at radius 1 is 0.900 bits per heavy atom. The SMILES string of the molecule is COc1cccc(-c2nc(CN(Cc3ccccc3)Cc3ccco3)cs2)c1OC. The first kappa shape index (κ1) is 20.2. The summed E-state index contributed by atoms with van der Waals surface area (Å²) >= 11 is 1.61. The van der Waals surface area contributed by atoms with Gasteiger partial charge in [-0.15, -0.1) is 11.3 Å². The van der Waals surface area contributed by atoms with Gasteiger partial charge in [0, 0.05) is 18.5 Å². The fourth-order valence-corrected chi connectivity index (χ4v) is 4.25. The lowest BCUT2D eigenvalue weighted by molar-refractivity contribution is 0.225. The summed E-state index contributed by atoms with van der Waals surface area (Å²) in [7, 11) is 3.30. The number of thiazole rings is 1. The number of hydrogen-bond acceptors (Lipinski definition) is 6. The number of methoxy groups -OCH3 is 2. The van der Waals surface area contributed by atoms with Crippen molar-refractivity contribution in [1.29, 1.82) is 0 Å². The van der Waals surface area contributed by atoms with Crippen LogP contribution < -0.4 is 9.47 Å². The summed E-state index contributed by atoms with van der Waals surface area (Å²) in [5.41, 5.74) is 3.21. The molecule has 0 unspecified atom stereocenters. The number of nitrogens with zero attached hydrogens (tertiary/aromatic N) is 2. The Balaban J connectivity index is 1.56. The zero-order valence-electron chi connectivity index (χ0n) is 17.1. The van der Waals surface area contributed by atoms with Gasteiger partial charge in [0.25, 0.3) is 0 Å². The van der Waals surface area contributed by atoms with E-state index >= 15 is 0 Å². The molecule has 2 aromatic heterocycles. The van der Waals surface area contributed by atoms with E-state index in [9.17, 15) is 0 Å². The molecule has 4 rings (SSSR count). The fraction of sp³-hybridized carbons (Fsp3) is 0.208. The molecule has 0 bridgehead atoms. The molecule has 0 aliphatic rings. The highest BCUT2D eigenvalue weighted by atomic mass is 32.1. The maximum atomic E-state index is 5.58. The molecular formula is C24H24N2O3S. The molecule has 0 fully saturated rings. The van der Waals surface area contributed by atoms with E-state index in [-0.39, 0.29) is 0 Å². The topological polar surface area (TPSA) is 47.7 Å². The predicted molar refractivity (Wildman–Crippen MR) is 119 cm³/mol. The lowest BCUT2D eigenvalue weighted by Crippen LogP contribution is -2.22. The Labute approximate surface area is 180 Å². The summed E-state index contributed by atoms with van der Waals surface area (Å²) in [5, 5.41) is 3.02. The van der Waals surface area contributed by atoms with Crippen LogP contribution in [-0.4, -0.2) is 24.1 Å². The quantitative estimate of drug-likeness (QED) is 0.352. The van der Waals surface area contributed by atoms with Gasteiger partial charge >= 0.3 is 0 Å². The highest BCUT2D eigenvalue weighted by Crippen LogP contribution is 2.39. The molecule has 4 aromatic rings. The zero-order chi connectivity index (χ0) is 20.8. The van der Waals surface area contributed by atoms with Gasteiger partial charge < -0.3 is 13.9 Å². The van der Waals surface area contributed by atoms with E-state index in [1.165, 1.54) is 5.56 Å². The normalized spacial score (nSPS) is 11.0. The molecule has 2 heterocycles. The van der Waals surface area contributed by atoms with Crippen molar-refractivity contribution >= 4 is 11.3 Å². The minimum atomic E-state index is 0.704. The molecule has 2 aromatic carbocycles. The van der Waals surface area contributed by atoms with Crippen LogP contribution in [0.4, 0.5) is 0 Å². The summed E-state index contributed by atoms with van der Waals surface area (Å²) in [6.07, 6.45) is 1.71. The number of aromatic nitrogens is 1. The molecule has 0 saturated heterocycles. The van der Waals surface area contributed by atoms with Gasteiger partial charge in [-0.25, -0.2) is 4.98 Å². The molecule has 0 atom stereocenters. The number of benzene rings is 2. The van der Waals surface area contributed by atoms with Gasteiger partial charge in [0.15, 0.2) is 11.5 Å². The Morgan fingerprint density at radius 3 is 2.50 bits per heavy atom. The predicted octanol–water partition coefficient (Wildman–Crippen LogP) is 5.62. The van der Waals surface area contributed by atoms with Crippen LogP contribution in [0.1, 0.15) is 17.0 Å². The van der Waals surface area contributed by atoms with E-state index in [2.05, 4.69) is 34.5 Å². The molecule has 0 aliphatic heterocycles. The first-order valence-electron chi connectivity index (χ1n) is 9.71. The molecule has 0 radical (unpaired) electrons. The third-order valence-electron chi connectivity index (χ3n) is 4.78. The van der Waals surface area contributed by atoms with E-state index in [0.717, 1.165) is 41.7 Å². The Hall–Kier alpha value is -3.09. The Kier molecular flexibility index (Phi) is 6.47. The molecule has 6 heteroatoms. The van der Waals surface area contributed by atoms with Crippen molar-refractivity contribution in [2.45, 2.75) is 19.6 Å². The zero-order valence-corrected chi connectivity index (χ0v) is 17.9. The summed E-state index contributed by atoms with van der Waals surface area (Å²) in [6, 6.07) is 20.2. The lowest BCUT2D eigenvalue weighted by atomic mass is 10.2. The van der Waals surface area contributed by atoms with Gasteiger partial charge in [0.2, 0.25) is 0 Å². The number of ether oxygens (including phenoxy) is 2. The highest BCUT2D eigenvalue weighted by molar-refractivity contribution is 7.13. The molecule has 0 spiro atoms. The molecule has 0 N–H and O–H groups in total. The Bertz CT molecular complexity index is 1060. The van der Waals surface area contributed by atoms with Crippen LogP contribution in [0.2, 0.25) is 0 Å². The molecular weight excluding hydrogens is 396 g/mol. The third-order valence-corrected chi connectivity index (χ3v) is 5.70. The molecule has 5 nitrogen and oxygen atoms in total. The molecule has 30 heavy (non-hydrogen) atoms. The fourth-order valence-electron chi connectivity index (χ4n) is 3.42. The van der Waals surface area contributed by atoms with Crippen LogP contribution in [0.15, 0.2) is 76.7 Å². The smallest absolute Gasteiger partial charge is 0.170 e. The maximum Gasteiger partial charge on any atom is 0.170 e. The van der Waals surface area contributed by atoms with Crippen molar-refractivity contribution in [1.82, 2.24) is 9.88 Å². The lowest BCUT2D eigenvalue weighted by Gasteiger charge is -2.20. The average Bonchev–Trinajstić information content (AvgIpc) is 3.46. The van der Waals surface area contributed by atoms with Crippen LogP contribution in [0, 0.1) is 0 Å². The van der Waals surface area contributed by atoms with E-state index in [4.69, 9.17) is 18.9 Å². The summed E-state index contributed by atoms with van der Waals surface area (Å²) in [4.78, 5) is 7.22. The van der Waals surface area contributed by atoms with Gasteiger partial charge in [-0.2, -0.15) is 0 Å². The van der Waals surface area contributed by atoms with E-state index in [0.29, 0.717) is 11.5 Å². The standard InChI is InChI=1S/C24H24N2O3S/c1-27-22-12-6-11-21(23(22)28-2)24-25-19(17-30-24)15-26(16-20-10-7-13-29-20)14-18-8-4-3-5-9-18/h3-13,17H,14-16H2,1-2H3. The van der Waals surface area contributed by atoms with Gasteiger partial charge in [0.1, 0.15) is 10.8 Å². The average molecular weight is 421 g/mol. The van der Waals surface area contributed by atoms with Gasteiger partial charge in [-0.3, -0.25) is 4.90 Å². The molecule has 0 aliphatic carbocycles. The molecule has 0 amide bonds. The number of furan rings is 1. The second-order valence-corrected chi connectivity index (χ2v) is 7.75. The summed E-state index contributed by atoms with van der Waals surface area (Å²) < 4.78 is 16.6. The van der Waals surface area contributed by atoms with Crippen molar-refractivity contribution in [2.24, 2.45) is 0 Å². The van der Waals surface area contributed by atoms with Crippen LogP contribution in [-0.2, 0) is 19.6 Å². The second kappa shape index (κ2) is 9.61. The minimum absolute atomic E-state index is 0.704. The summed E-state index contributed by atoms with van der Waals surface area (Å²) in [5.74, 6) is 2.35. The first-order valence-corrected chi connectivity index (χ1v) is 10.6. The monoisotopic (exact) mass is 420 g/mol. The molecule has 154 valence electrons. The Morgan fingerprint density at radius 2 is 1.77 bits per heavy atom. The number of rotatable bonds is 9. The van der Waals surface area contributed by atoms with Gasteiger partial charge in [0.05, 0.1) is 38.3 Å². The van der Waals surface area contributed by atoms with Crippen LogP contribution >= 0.6 is 11.3 Å². The van der Waals surface area contributed by atoms with Crippen LogP contribution in [0.5, 0.6) is 11.5 Å². The van der Waals surface area contributed by atoms with Crippen molar-refractivity contribution in [3.63, 3.8) is 0 Å². The maximum absolute atomic E-state index is 5.58. The summed E-state index contributed by atoms with van der Waals surface area (Å²) in [6.45, 7) is 2.26. The first-order chi connectivity index (χ1) is 14.8. The second-order valence-electron chi connectivity index (χ2n) is 6.90. The molecule has 0 saturated carbocycles. The number of para-hydroxylation sites is 1. The third kappa shape index (κ3) is 4.72. The van der Waals surface area contributed by atoms with Crippen LogP contribution in [0.25, 0.3) is 10.6 Å². The van der Waals surface area contributed by atoms with Crippen LogP contribution in [0.3, 0.4) is 0 Å². The van der Waals surface area contributed by atoms with Crippen molar-refractivity contribution in [3.8, 4) is 22.1 Å². The van der Waals surface area contributed by atoms with E-state index < -0.39 is 0 Å². The van der Waals surface area contributed by atoms with E-state index in [1.54, 1.807) is 31.8 Å². The van der Waals surface area contributed by atoms with Gasteiger partial charge in [-0.1, -0.05) is 36.4 Å². The van der Waals surface area contributed by atoms with Crippen molar-refractivity contribution < 1.29 is 13.9 Å². The number of hydrogen-bond donors (Lipinski definition) is 0. The highest BCUT2D eigenvalue weighted by Gasteiger charge is 2.16. The largest absolute Gasteiger partial charge is 0.493 e. The van der Waals surface area contributed by atoms with Crippen molar-refractivity contribution in [2.75, 3.05) is 14.2 Å². The van der Waals surface area contributed by atoms with E-state index in [1.807, 2.05) is 36.4 Å².